The van der Waals surface area contributed by atoms with Crippen molar-refractivity contribution < 1.29 is 9.53 Å². The van der Waals surface area contributed by atoms with Gasteiger partial charge < -0.3 is 15.4 Å². The molecule has 0 bridgehead atoms. The number of nitriles is 1. The first-order valence-corrected chi connectivity index (χ1v) is 8.76. The van der Waals surface area contributed by atoms with E-state index in [1.807, 2.05) is 49.6 Å². The summed E-state index contributed by atoms with van der Waals surface area (Å²) in [7, 11) is 1.53. The molecule has 5 nitrogen and oxygen atoms in total. The van der Waals surface area contributed by atoms with Gasteiger partial charge in [0.05, 0.1) is 12.8 Å². The molecule has 0 unspecified atom stereocenters. The van der Waals surface area contributed by atoms with E-state index >= 15 is 0 Å². The van der Waals surface area contributed by atoms with Gasteiger partial charge in [0, 0.05) is 16.8 Å². The zero-order valence-corrected chi connectivity index (χ0v) is 15.1. The summed E-state index contributed by atoms with van der Waals surface area (Å²) in [6, 6.07) is 15.1. The third-order valence-corrected chi connectivity index (χ3v) is 4.15. The first-order chi connectivity index (χ1) is 12.1. The second kappa shape index (κ2) is 8.81. The number of hydrogen-bond donors (Lipinski definition) is 2. The minimum absolute atomic E-state index is 0.0295. The van der Waals surface area contributed by atoms with E-state index in [1.54, 1.807) is 23.9 Å². The lowest BCUT2D eigenvalue weighted by atomic mass is 10.2. The summed E-state index contributed by atoms with van der Waals surface area (Å²) in [5.74, 6) is 0.0387. The Hall–Kier alpha value is -2.91. The van der Waals surface area contributed by atoms with Crippen molar-refractivity contribution >= 4 is 29.0 Å². The van der Waals surface area contributed by atoms with E-state index in [0.29, 0.717) is 11.4 Å². The molecule has 0 atom stereocenters. The van der Waals surface area contributed by atoms with E-state index in [-0.39, 0.29) is 5.57 Å². The lowest BCUT2D eigenvalue weighted by Gasteiger charge is -2.11. The summed E-state index contributed by atoms with van der Waals surface area (Å²) in [5.41, 5.74) is 2.28. The Morgan fingerprint density at radius 1 is 1.28 bits per heavy atom. The number of nitrogens with one attached hydrogen (secondary N) is 2. The fourth-order valence-electron chi connectivity index (χ4n) is 2.13. The average molecular weight is 353 g/mol. The number of hydrogen-bond acceptors (Lipinski definition) is 5. The van der Waals surface area contributed by atoms with Gasteiger partial charge >= 0.3 is 0 Å². The highest BCUT2D eigenvalue weighted by atomic mass is 32.2. The maximum Gasteiger partial charge on any atom is 0.267 e. The van der Waals surface area contributed by atoms with Crippen LogP contribution in [0.25, 0.3) is 0 Å². The summed E-state index contributed by atoms with van der Waals surface area (Å²) < 4.78 is 5.23. The van der Waals surface area contributed by atoms with Gasteiger partial charge in [0.2, 0.25) is 0 Å². The molecule has 0 heterocycles. The number of thioether (sulfide) groups is 1. The molecule has 1 amide bonds. The molecular formula is C19H19N3O2S. The molecule has 0 aliphatic carbocycles. The van der Waals surface area contributed by atoms with Gasteiger partial charge in [-0.1, -0.05) is 12.1 Å². The number of rotatable bonds is 6. The Morgan fingerprint density at radius 2 is 2.08 bits per heavy atom. The van der Waals surface area contributed by atoms with Crippen LogP contribution in [0.1, 0.15) is 5.56 Å². The monoisotopic (exact) mass is 353 g/mol. The molecule has 0 saturated carbocycles. The number of carbonyl (C=O) groups is 1. The summed E-state index contributed by atoms with van der Waals surface area (Å²) in [6.45, 7) is 1.91. The predicted octanol–water partition coefficient (Wildman–Crippen LogP) is 4.18. The number of methoxy groups -OCH3 is 1. The maximum absolute atomic E-state index is 12.4. The Balaban J connectivity index is 2.15. The van der Waals surface area contributed by atoms with Crippen molar-refractivity contribution in [3.63, 3.8) is 0 Å². The molecule has 128 valence electrons. The third kappa shape index (κ3) is 5.03. The second-order valence-electron chi connectivity index (χ2n) is 5.20. The lowest BCUT2D eigenvalue weighted by molar-refractivity contribution is -0.112. The van der Waals surface area contributed by atoms with Crippen molar-refractivity contribution in [1.82, 2.24) is 0 Å². The van der Waals surface area contributed by atoms with Crippen molar-refractivity contribution in [2.75, 3.05) is 24.0 Å². The Bertz CT molecular complexity index is 841. The van der Waals surface area contributed by atoms with Crippen LogP contribution in [0.5, 0.6) is 5.75 Å². The summed E-state index contributed by atoms with van der Waals surface area (Å²) in [6.07, 6.45) is 3.38. The number of aryl methyl sites for hydroxylation is 1. The number of nitrogens with zero attached hydrogens (tertiary/aromatic N) is 1. The van der Waals surface area contributed by atoms with E-state index in [9.17, 15) is 10.1 Å². The minimum Gasteiger partial charge on any atom is -0.495 e. The molecular weight excluding hydrogens is 334 g/mol. The molecule has 0 aliphatic rings. The van der Waals surface area contributed by atoms with Gasteiger partial charge in [-0.3, -0.25) is 4.79 Å². The molecule has 0 aliphatic heterocycles. The van der Waals surface area contributed by atoms with Gasteiger partial charge in [-0.2, -0.15) is 5.26 Å². The van der Waals surface area contributed by atoms with Crippen molar-refractivity contribution in [1.29, 1.82) is 5.26 Å². The Morgan fingerprint density at radius 3 is 2.76 bits per heavy atom. The van der Waals surface area contributed by atoms with Crippen LogP contribution in [0.15, 0.2) is 59.1 Å². The molecule has 0 spiro atoms. The van der Waals surface area contributed by atoms with Crippen LogP contribution in [0.3, 0.4) is 0 Å². The molecule has 2 aromatic rings. The van der Waals surface area contributed by atoms with Gasteiger partial charge in [-0.25, -0.2) is 0 Å². The topological polar surface area (TPSA) is 74.1 Å². The van der Waals surface area contributed by atoms with Gasteiger partial charge in [0.1, 0.15) is 17.4 Å². The third-order valence-electron chi connectivity index (χ3n) is 3.42. The molecule has 25 heavy (non-hydrogen) atoms. The molecule has 0 fully saturated rings. The van der Waals surface area contributed by atoms with Crippen molar-refractivity contribution in [3.05, 3.63) is 59.8 Å². The highest BCUT2D eigenvalue weighted by Crippen LogP contribution is 2.25. The quantitative estimate of drug-likeness (QED) is 0.463. The molecule has 0 aromatic heterocycles. The first kappa shape index (κ1) is 18.4. The van der Waals surface area contributed by atoms with Gasteiger partial charge in [0.15, 0.2) is 0 Å². The van der Waals surface area contributed by atoms with E-state index in [2.05, 4.69) is 10.6 Å². The summed E-state index contributed by atoms with van der Waals surface area (Å²) in [4.78, 5) is 13.5. The molecule has 6 heteroatoms. The number of amides is 1. The van der Waals surface area contributed by atoms with Gasteiger partial charge in [-0.05, 0) is 49.1 Å². The Labute approximate surface area is 151 Å². The average Bonchev–Trinajstić information content (AvgIpc) is 2.62. The van der Waals surface area contributed by atoms with E-state index in [1.165, 1.54) is 13.3 Å². The fraction of sp³-hybridized carbons (Fsp3) is 0.158. The van der Waals surface area contributed by atoms with Crippen LogP contribution < -0.4 is 15.4 Å². The fourth-order valence-corrected chi connectivity index (χ4v) is 2.59. The highest BCUT2D eigenvalue weighted by molar-refractivity contribution is 7.98. The molecule has 0 radical (unpaired) electrons. The van der Waals surface area contributed by atoms with Gasteiger partial charge in [0.25, 0.3) is 5.91 Å². The molecule has 2 rings (SSSR count). The number of carbonyl (C=O) groups excluding carboxylic acids is 1. The number of ether oxygens (including phenoxy) is 1. The lowest BCUT2D eigenvalue weighted by Crippen LogP contribution is -2.15. The molecule has 2 N–H and O–H groups in total. The normalized spacial score (nSPS) is 10.7. The number of benzene rings is 2. The molecule has 0 saturated heterocycles. The van der Waals surface area contributed by atoms with Crippen LogP contribution in [-0.4, -0.2) is 19.3 Å². The SMILES string of the molecule is COc1ccc(C)cc1NC(=O)/C(C#N)=C\Nc1cccc(SC)c1. The summed E-state index contributed by atoms with van der Waals surface area (Å²) in [5, 5.41) is 15.0. The summed E-state index contributed by atoms with van der Waals surface area (Å²) >= 11 is 1.62. The van der Waals surface area contributed by atoms with Crippen molar-refractivity contribution in [3.8, 4) is 11.8 Å². The minimum atomic E-state index is -0.500. The maximum atomic E-state index is 12.4. The van der Waals surface area contributed by atoms with Crippen molar-refractivity contribution in [2.24, 2.45) is 0 Å². The molecule has 2 aromatic carbocycles. The van der Waals surface area contributed by atoms with Crippen LogP contribution in [0.4, 0.5) is 11.4 Å². The number of anilines is 2. The Kier molecular flexibility index (Phi) is 6.49. The van der Waals surface area contributed by atoms with Gasteiger partial charge in [-0.15, -0.1) is 11.8 Å². The zero-order valence-electron chi connectivity index (χ0n) is 14.3. The smallest absolute Gasteiger partial charge is 0.267 e. The van der Waals surface area contributed by atoms with Crippen molar-refractivity contribution in [2.45, 2.75) is 11.8 Å². The second-order valence-corrected chi connectivity index (χ2v) is 6.08. The standard InChI is InChI=1S/C19H19N3O2S/c1-13-7-8-18(24-2)17(9-13)22-19(23)14(11-20)12-21-15-5-4-6-16(10-15)25-3/h4-10,12,21H,1-3H3,(H,22,23)/b14-12-. The highest BCUT2D eigenvalue weighted by Gasteiger charge is 2.12. The van der Waals surface area contributed by atoms with E-state index < -0.39 is 5.91 Å². The zero-order chi connectivity index (χ0) is 18.2. The van der Waals surface area contributed by atoms with E-state index in [0.717, 1.165) is 16.1 Å². The van der Waals surface area contributed by atoms with Crippen LogP contribution in [0.2, 0.25) is 0 Å². The first-order valence-electron chi connectivity index (χ1n) is 7.54. The predicted molar refractivity (Wildman–Crippen MR) is 102 cm³/mol. The van der Waals surface area contributed by atoms with E-state index in [4.69, 9.17) is 4.74 Å². The van der Waals surface area contributed by atoms with Crippen LogP contribution in [-0.2, 0) is 4.79 Å². The van der Waals surface area contributed by atoms with Crippen LogP contribution in [0, 0.1) is 18.3 Å². The van der Waals surface area contributed by atoms with Crippen LogP contribution >= 0.6 is 11.8 Å². The largest absolute Gasteiger partial charge is 0.495 e.